The van der Waals surface area contributed by atoms with Gasteiger partial charge in [0.15, 0.2) is 5.58 Å². The van der Waals surface area contributed by atoms with Crippen molar-refractivity contribution in [2.24, 2.45) is 7.05 Å². The van der Waals surface area contributed by atoms with Gasteiger partial charge in [-0.2, -0.15) is 0 Å². The summed E-state index contributed by atoms with van der Waals surface area (Å²) in [7, 11) is 1.67. The molecule has 0 aliphatic heterocycles. The van der Waals surface area contributed by atoms with E-state index in [1.807, 2.05) is 48.5 Å². The molecule has 1 aromatic heterocycles. The highest BCUT2D eigenvalue weighted by atomic mass is 16.4. The normalized spacial score (nSPS) is 10.7. The molecule has 2 amide bonds. The van der Waals surface area contributed by atoms with Gasteiger partial charge < -0.3 is 15.1 Å². The van der Waals surface area contributed by atoms with E-state index in [1.165, 1.54) is 4.57 Å². The quantitative estimate of drug-likeness (QED) is 0.755. The Morgan fingerprint density at radius 2 is 1.88 bits per heavy atom. The van der Waals surface area contributed by atoms with Gasteiger partial charge in [-0.3, -0.25) is 4.57 Å². The van der Waals surface area contributed by atoms with Gasteiger partial charge in [0, 0.05) is 20.1 Å². The summed E-state index contributed by atoms with van der Waals surface area (Å²) in [6.07, 6.45) is 0.660. The van der Waals surface area contributed by atoms with Gasteiger partial charge in [-0.05, 0) is 29.7 Å². The van der Waals surface area contributed by atoms with Gasteiger partial charge in [0.1, 0.15) is 0 Å². The van der Waals surface area contributed by atoms with Crippen molar-refractivity contribution in [2.45, 2.75) is 13.0 Å². The van der Waals surface area contributed by atoms with Crippen molar-refractivity contribution in [3.05, 3.63) is 70.2 Å². The minimum absolute atomic E-state index is 0.203. The molecule has 0 saturated heterocycles. The highest BCUT2D eigenvalue weighted by Gasteiger charge is 2.06. The summed E-state index contributed by atoms with van der Waals surface area (Å²) in [4.78, 5) is 23.3. The standard InChI is InChI=1S/C18H19N3O3/c1-21-15-8-7-13(11-16(15)24-18(21)23)9-10-19-17(22)20-12-14-5-3-2-4-6-14/h2-8,11H,9-10,12H2,1H3,(H2,19,20,22). The average molecular weight is 325 g/mol. The summed E-state index contributed by atoms with van der Waals surface area (Å²) in [5, 5.41) is 5.63. The first-order valence-electron chi connectivity index (χ1n) is 7.77. The first kappa shape index (κ1) is 15.9. The molecule has 6 heteroatoms. The zero-order valence-corrected chi connectivity index (χ0v) is 13.4. The fourth-order valence-electron chi connectivity index (χ4n) is 2.49. The Hall–Kier alpha value is -3.02. The lowest BCUT2D eigenvalue weighted by molar-refractivity contribution is 0.240. The number of carbonyl (C=O) groups is 1. The second-order valence-corrected chi connectivity index (χ2v) is 5.57. The number of oxazole rings is 1. The lowest BCUT2D eigenvalue weighted by Gasteiger charge is -2.08. The molecule has 2 aromatic carbocycles. The minimum Gasteiger partial charge on any atom is -0.408 e. The Morgan fingerprint density at radius 3 is 2.67 bits per heavy atom. The summed E-state index contributed by atoms with van der Waals surface area (Å²) in [6, 6.07) is 15.2. The molecule has 2 N–H and O–H groups in total. The maximum Gasteiger partial charge on any atom is 0.419 e. The third kappa shape index (κ3) is 3.65. The van der Waals surface area contributed by atoms with Crippen LogP contribution in [0.5, 0.6) is 0 Å². The van der Waals surface area contributed by atoms with E-state index in [0.717, 1.165) is 16.6 Å². The lowest BCUT2D eigenvalue weighted by Crippen LogP contribution is -2.36. The SMILES string of the molecule is Cn1c(=O)oc2cc(CCNC(=O)NCc3ccccc3)ccc21. The summed E-state index contributed by atoms with van der Waals surface area (Å²) >= 11 is 0. The van der Waals surface area contributed by atoms with Crippen LogP contribution in [0.1, 0.15) is 11.1 Å². The van der Waals surface area contributed by atoms with E-state index in [2.05, 4.69) is 10.6 Å². The molecule has 6 nitrogen and oxygen atoms in total. The molecule has 3 rings (SSSR count). The molecule has 0 aliphatic carbocycles. The molecule has 0 saturated carbocycles. The van der Waals surface area contributed by atoms with E-state index < -0.39 is 0 Å². The molecule has 1 heterocycles. The van der Waals surface area contributed by atoms with Crippen molar-refractivity contribution < 1.29 is 9.21 Å². The van der Waals surface area contributed by atoms with Crippen LogP contribution < -0.4 is 16.4 Å². The van der Waals surface area contributed by atoms with Gasteiger partial charge in [0.2, 0.25) is 0 Å². The van der Waals surface area contributed by atoms with Crippen LogP contribution in [0.2, 0.25) is 0 Å². The fourth-order valence-corrected chi connectivity index (χ4v) is 2.49. The third-order valence-corrected chi connectivity index (χ3v) is 3.85. The average Bonchev–Trinajstić information content (AvgIpc) is 2.88. The molecular weight excluding hydrogens is 306 g/mol. The van der Waals surface area contributed by atoms with Crippen molar-refractivity contribution in [3.8, 4) is 0 Å². The third-order valence-electron chi connectivity index (χ3n) is 3.85. The van der Waals surface area contributed by atoms with E-state index in [1.54, 1.807) is 7.05 Å². The summed E-state index contributed by atoms with van der Waals surface area (Å²) in [5.74, 6) is -0.374. The van der Waals surface area contributed by atoms with E-state index >= 15 is 0 Å². The molecule has 0 radical (unpaired) electrons. The smallest absolute Gasteiger partial charge is 0.408 e. The molecule has 0 spiro atoms. The Kier molecular flexibility index (Phi) is 4.65. The van der Waals surface area contributed by atoms with Crippen LogP contribution in [0.4, 0.5) is 4.79 Å². The summed E-state index contributed by atoms with van der Waals surface area (Å²) < 4.78 is 6.63. The number of amides is 2. The van der Waals surface area contributed by atoms with Gasteiger partial charge in [-0.25, -0.2) is 9.59 Å². The van der Waals surface area contributed by atoms with Crippen molar-refractivity contribution >= 4 is 17.1 Å². The number of hydrogen-bond acceptors (Lipinski definition) is 3. The topological polar surface area (TPSA) is 76.3 Å². The fraction of sp³-hybridized carbons (Fsp3) is 0.222. The number of aromatic nitrogens is 1. The maximum absolute atomic E-state index is 11.8. The van der Waals surface area contributed by atoms with Crippen molar-refractivity contribution in [3.63, 3.8) is 0 Å². The molecule has 0 unspecified atom stereocenters. The van der Waals surface area contributed by atoms with Gasteiger partial charge >= 0.3 is 11.8 Å². The summed E-state index contributed by atoms with van der Waals surface area (Å²) in [5.41, 5.74) is 3.38. The van der Waals surface area contributed by atoms with Crippen LogP contribution in [0.25, 0.3) is 11.1 Å². The van der Waals surface area contributed by atoms with E-state index in [9.17, 15) is 9.59 Å². The summed E-state index contributed by atoms with van der Waals surface area (Å²) in [6.45, 7) is 0.997. The Morgan fingerprint density at radius 1 is 1.08 bits per heavy atom. The number of benzene rings is 2. The Bertz CT molecular complexity index is 897. The first-order valence-corrected chi connectivity index (χ1v) is 7.77. The molecular formula is C18H19N3O3. The number of nitrogens with one attached hydrogen (secondary N) is 2. The largest absolute Gasteiger partial charge is 0.419 e. The molecule has 124 valence electrons. The van der Waals surface area contributed by atoms with Crippen LogP contribution in [0, 0.1) is 0 Å². The van der Waals surface area contributed by atoms with Gasteiger partial charge in [0.25, 0.3) is 0 Å². The molecule has 0 bridgehead atoms. The molecule has 0 fully saturated rings. The lowest BCUT2D eigenvalue weighted by atomic mass is 10.1. The predicted molar refractivity (Wildman–Crippen MR) is 91.8 cm³/mol. The zero-order chi connectivity index (χ0) is 16.9. The number of nitrogens with zero attached hydrogens (tertiary/aromatic N) is 1. The van der Waals surface area contributed by atoms with Crippen LogP contribution in [0.15, 0.2) is 57.7 Å². The Labute approximate surface area is 139 Å². The second-order valence-electron chi connectivity index (χ2n) is 5.57. The number of hydrogen-bond donors (Lipinski definition) is 2. The first-order chi connectivity index (χ1) is 11.6. The second kappa shape index (κ2) is 7.04. The number of urea groups is 1. The van der Waals surface area contributed by atoms with Crippen LogP contribution in [-0.4, -0.2) is 17.1 Å². The van der Waals surface area contributed by atoms with Crippen LogP contribution >= 0.6 is 0 Å². The number of rotatable bonds is 5. The van der Waals surface area contributed by atoms with Gasteiger partial charge in [-0.1, -0.05) is 36.4 Å². The van der Waals surface area contributed by atoms with Crippen molar-refractivity contribution in [2.75, 3.05) is 6.54 Å². The highest BCUT2D eigenvalue weighted by Crippen LogP contribution is 2.14. The van der Waals surface area contributed by atoms with Crippen molar-refractivity contribution in [1.82, 2.24) is 15.2 Å². The molecule has 0 atom stereocenters. The van der Waals surface area contributed by atoms with E-state index in [0.29, 0.717) is 25.1 Å². The zero-order valence-electron chi connectivity index (χ0n) is 13.4. The highest BCUT2D eigenvalue weighted by molar-refractivity contribution is 5.74. The van der Waals surface area contributed by atoms with Crippen LogP contribution in [-0.2, 0) is 20.0 Å². The molecule has 24 heavy (non-hydrogen) atoms. The van der Waals surface area contributed by atoms with Crippen LogP contribution in [0.3, 0.4) is 0 Å². The number of fused-ring (bicyclic) bond motifs is 1. The monoisotopic (exact) mass is 325 g/mol. The van der Waals surface area contributed by atoms with Crippen molar-refractivity contribution in [1.29, 1.82) is 0 Å². The molecule has 3 aromatic rings. The van der Waals surface area contributed by atoms with Gasteiger partial charge in [0.05, 0.1) is 5.52 Å². The van der Waals surface area contributed by atoms with E-state index in [-0.39, 0.29) is 11.8 Å². The van der Waals surface area contributed by atoms with Gasteiger partial charge in [-0.15, -0.1) is 0 Å². The number of aryl methyl sites for hydroxylation is 1. The number of carbonyl (C=O) groups excluding carboxylic acids is 1. The Balaban J connectivity index is 1.49. The maximum atomic E-state index is 11.8. The predicted octanol–water partition coefficient (Wildman–Crippen LogP) is 2.17. The van der Waals surface area contributed by atoms with E-state index in [4.69, 9.17) is 4.42 Å². The molecule has 0 aliphatic rings. The minimum atomic E-state index is -0.374.